The van der Waals surface area contributed by atoms with Crippen molar-refractivity contribution in [1.82, 2.24) is 20.0 Å². The number of aromatic amines is 1. The number of nitrogens with zero attached hydrogens (tertiary/aromatic N) is 3. The van der Waals surface area contributed by atoms with Crippen molar-refractivity contribution >= 4 is 0 Å². The Labute approximate surface area is 174 Å². The van der Waals surface area contributed by atoms with Crippen LogP contribution in [0, 0.1) is 0 Å². The lowest BCUT2D eigenvalue weighted by molar-refractivity contribution is -0.138. The number of hydrogen-bond acceptors (Lipinski definition) is 4. The van der Waals surface area contributed by atoms with Gasteiger partial charge in [-0.3, -0.25) is 14.9 Å². The highest BCUT2D eigenvalue weighted by Gasteiger charge is 2.38. The zero-order valence-corrected chi connectivity index (χ0v) is 17.6. The molecule has 0 saturated carbocycles. The second-order valence-electron chi connectivity index (χ2n) is 9.36. The first-order chi connectivity index (χ1) is 14.1. The number of halogens is 3. The molecule has 1 unspecified atom stereocenters. The molecule has 0 amide bonds. The van der Waals surface area contributed by atoms with E-state index in [0.717, 1.165) is 30.4 Å². The average molecular weight is 422 g/mol. The van der Waals surface area contributed by atoms with E-state index in [4.69, 9.17) is 0 Å². The molecule has 1 saturated heterocycles. The standard InChI is InChI=1S/C22H29F3N4O/c1-21(2,3)29-12-16-18(13-29)26-27-19(16)20(30)28-10-8-14(9-11-28)15-6-4-5-7-17(15)22(23,24)25/h4-7,14,20,30H,8-13H2,1-3H3,(H,26,27). The highest BCUT2D eigenvalue weighted by Crippen LogP contribution is 2.40. The van der Waals surface area contributed by atoms with Crippen molar-refractivity contribution in [3.05, 3.63) is 52.3 Å². The normalized spacial score (nSPS) is 20.5. The van der Waals surface area contributed by atoms with Gasteiger partial charge in [-0.25, -0.2) is 0 Å². The zero-order chi connectivity index (χ0) is 21.7. The van der Waals surface area contributed by atoms with Crippen LogP contribution in [0.4, 0.5) is 13.2 Å². The number of alkyl halides is 3. The fraction of sp³-hybridized carbons (Fsp3) is 0.591. The monoisotopic (exact) mass is 422 g/mol. The van der Waals surface area contributed by atoms with Gasteiger partial charge in [-0.05, 0) is 51.2 Å². The fourth-order valence-corrected chi connectivity index (χ4v) is 4.59. The molecule has 30 heavy (non-hydrogen) atoms. The van der Waals surface area contributed by atoms with E-state index in [2.05, 4.69) is 35.9 Å². The summed E-state index contributed by atoms with van der Waals surface area (Å²) in [6.07, 6.45) is -4.04. The molecule has 1 aromatic heterocycles. The van der Waals surface area contributed by atoms with E-state index in [1.165, 1.54) is 6.07 Å². The summed E-state index contributed by atoms with van der Waals surface area (Å²) in [7, 11) is 0. The molecule has 2 aliphatic heterocycles. The van der Waals surface area contributed by atoms with Crippen LogP contribution in [0.25, 0.3) is 0 Å². The second-order valence-corrected chi connectivity index (χ2v) is 9.36. The van der Waals surface area contributed by atoms with Crippen LogP contribution in [0.1, 0.15) is 73.8 Å². The molecule has 0 spiro atoms. The fourth-order valence-electron chi connectivity index (χ4n) is 4.59. The van der Waals surface area contributed by atoms with Gasteiger partial charge in [0.15, 0.2) is 6.23 Å². The lowest BCUT2D eigenvalue weighted by Crippen LogP contribution is -2.38. The summed E-state index contributed by atoms with van der Waals surface area (Å²) in [5.74, 6) is -0.160. The minimum Gasteiger partial charge on any atom is -0.372 e. The number of aliphatic hydroxyl groups is 1. The molecule has 164 valence electrons. The van der Waals surface area contributed by atoms with Crippen LogP contribution in [0.2, 0.25) is 0 Å². The Morgan fingerprint density at radius 1 is 1.10 bits per heavy atom. The number of piperidine rings is 1. The molecule has 1 aromatic carbocycles. The molecular formula is C22H29F3N4O. The summed E-state index contributed by atoms with van der Waals surface area (Å²) >= 11 is 0. The quantitative estimate of drug-likeness (QED) is 0.769. The van der Waals surface area contributed by atoms with Gasteiger partial charge in [-0.15, -0.1) is 0 Å². The minimum absolute atomic E-state index is 0.0201. The Bertz CT molecular complexity index is 895. The van der Waals surface area contributed by atoms with Gasteiger partial charge in [0.25, 0.3) is 0 Å². The molecule has 2 aliphatic rings. The second kappa shape index (κ2) is 7.66. The predicted molar refractivity (Wildman–Crippen MR) is 108 cm³/mol. The van der Waals surface area contributed by atoms with E-state index >= 15 is 0 Å². The van der Waals surface area contributed by atoms with E-state index in [0.29, 0.717) is 37.2 Å². The van der Waals surface area contributed by atoms with E-state index in [9.17, 15) is 18.3 Å². The maximum absolute atomic E-state index is 13.4. The third-order valence-corrected chi connectivity index (χ3v) is 6.46. The van der Waals surface area contributed by atoms with Gasteiger partial charge < -0.3 is 5.11 Å². The van der Waals surface area contributed by atoms with Gasteiger partial charge in [0, 0.05) is 37.3 Å². The van der Waals surface area contributed by atoms with E-state index in [1.807, 2.05) is 4.90 Å². The van der Waals surface area contributed by atoms with Crippen molar-refractivity contribution in [3.8, 4) is 0 Å². The molecule has 5 nitrogen and oxygen atoms in total. The lowest BCUT2D eigenvalue weighted by Gasteiger charge is -2.36. The molecule has 0 radical (unpaired) electrons. The van der Waals surface area contributed by atoms with Crippen LogP contribution in [0.15, 0.2) is 24.3 Å². The maximum Gasteiger partial charge on any atom is 0.416 e. The van der Waals surface area contributed by atoms with Crippen LogP contribution in [-0.4, -0.2) is 43.7 Å². The maximum atomic E-state index is 13.4. The van der Waals surface area contributed by atoms with E-state index in [1.54, 1.807) is 12.1 Å². The van der Waals surface area contributed by atoms with Crippen molar-refractivity contribution in [2.75, 3.05) is 13.1 Å². The van der Waals surface area contributed by atoms with Crippen LogP contribution in [-0.2, 0) is 19.3 Å². The van der Waals surface area contributed by atoms with Crippen molar-refractivity contribution in [2.45, 2.75) is 70.6 Å². The van der Waals surface area contributed by atoms with Gasteiger partial charge in [-0.1, -0.05) is 18.2 Å². The third-order valence-electron chi connectivity index (χ3n) is 6.46. The Morgan fingerprint density at radius 2 is 1.77 bits per heavy atom. The molecule has 3 heterocycles. The van der Waals surface area contributed by atoms with Crippen molar-refractivity contribution < 1.29 is 18.3 Å². The number of hydrogen-bond donors (Lipinski definition) is 2. The smallest absolute Gasteiger partial charge is 0.372 e. The number of rotatable bonds is 3. The number of fused-ring (bicyclic) bond motifs is 1. The summed E-state index contributed by atoms with van der Waals surface area (Å²) < 4.78 is 40.1. The van der Waals surface area contributed by atoms with Gasteiger partial charge in [-0.2, -0.15) is 18.3 Å². The highest BCUT2D eigenvalue weighted by molar-refractivity contribution is 5.34. The van der Waals surface area contributed by atoms with Gasteiger partial charge in [0.05, 0.1) is 11.3 Å². The molecule has 8 heteroatoms. The number of benzene rings is 1. The van der Waals surface area contributed by atoms with E-state index in [-0.39, 0.29) is 11.5 Å². The first kappa shape index (κ1) is 21.3. The third kappa shape index (κ3) is 4.00. The molecule has 2 aromatic rings. The first-order valence-electron chi connectivity index (χ1n) is 10.4. The number of H-pyrrole nitrogens is 1. The van der Waals surface area contributed by atoms with E-state index < -0.39 is 18.0 Å². The molecular weight excluding hydrogens is 393 g/mol. The van der Waals surface area contributed by atoms with Crippen molar-refractivity contribution in [2.24, 2.45) is 0 Å². The molecule has 1 atom stereocenters. The molecule has 4 rings (SSSR count). The Balaban J connectivity index is 1.44. The Hall–Kier alpha value is -1.90. The molecule has 0 aliphatic carbocycles. The number of nitrogens with one attached hydrogen (secondary N) is 1. The lowest BCUT2D eigenvalue weighted by atomic mass is 9.86. The molecule has 2 N–H and O–H groups in total. The summed E-state index contributed by atoms with van der Waals surface area (Å²) in [4.78, 5) is 4.25. The molecule has 1 fully saturated rings. The minimum atomic E-state index is -4.35. The SMILES string of the molecule is CC(C)(C)N1Cc2[nH]nc(C(O)N3CCC(c4ccccc4C(F)(F)F)CC3)c2C1. The van der Waals surface area contributed by atoms with Gasteiger partial charge >= 0.3 is 6.18 Å². The van der Waals surface area contributed by atoms with Gasteiger partial charge in [0.1, 0.15) is 5.69 Å². The zero-order valence-electron chi connectivity index (χ0n) is 17.6. The topological polar surface area (TPSA) is 55.4 Å². The van der Waals surface area contributed by atoms with Crippen LogP contribution < -0.4 is 0 Å². The van der Waals surface area contributed by atoms with Gasteiger partial charge in [0.2, 0.25) is 0 Å². The number of aliphatic hydroxyl groups excluding tert-OH is 1. The first-order valence-corrected chi connectivity index (χ1v) is 10.4. The predicted octanol–water partition coefficient (Wildman–Crippen LogP) is 4.41. The summed E-state index contributed by atoms with van der Waals surface area (Å²) in [6, 6.07) is 5.84. The Kier molecular flexibility index (Phi) is 5.45. The molecule has 0 bridgehead atoms. The number of aromatic nitrogens is 2. The summed E-state index contributed by atoms with van der Waals surface area (Å²) in [5, 5.41) is 18.4. The summed E-state index contributed by atoms with van der Waals surface area (Å²) in [5.41, 5.74) is 2.56. The van der Waals surface area contributed by atoms with Crippen LogP contribution in [0.5, 0.6) is 0 Å². The number of likely N-dealkylation sites (tertiary alicyclic amines) is 1. The highest BCUT2D eigenvalue weighted by atomic mass is 19.4. The summed E-state index contributed by atoms with van der Waals surface area (Å²) in [6.45, 7) is 9.04. The van der Waals surface area contributed by atoms with Crippen molar-refractivity contribution in [3.63, 3.8) is 0 Å². The van der Waals surface area contributed by atoms with Crippen LogP contribution >= 0.6 is 0 Å². The largest absolute Gasteiger partial charge is 0.416 e. The van der Waals surface area contributed by atoms with Crippen molar-refractivity contribution in [1.29, 1.82) is 0 Å². The Morgan fingerprint density at radius 3 is 2.40 bits per heavy atom. The average Bonchev–Trinajstić information content (AvgIpc) is 3.28. The van der Waals surface area contributed by atoms with Crippen LogP contribution in [0.3, 0.4) is 0 Å².